The number of nitrogens with zero attached hydrogens (tertiary/aromatic N) is 4. The summed E-state index contributed by atoms with van der Waals surface area (Å²) < 4.78 is 15.2. The Morgan fingerprint density at radius 1 is 1.30 bits per heavy atom. The Kier molecular flexibility index (Phi) is 7.61. The van der Waals surface area contributed by atoms with Gasteiger partial charge in [0.05, 0.1) is 23.2 Å². The lowest BCUT2D eigenvalue weighted by Gasteiger charge is -2.38. The van der Waals surface area contributed by atoms with Gasteiger partial charge in [-0.25, -0.2) is 9.69 Å². The van der Waals surface area contributed by atoms with Crippen molar-refractivity contribution in [3.05, 3.63) is 32.4 Å². The first-order valence-electron chi connectivity index (χ1n) is 8.94. The normalized spacial score (nSPS) is 21.6. The lowest BCUT2D eigenvalue weighted by Crippen LogP contribution is -2.51. The van der Waals surface area contributed by atoms with Gasteiger partial charge in [0.2, 0.25) is 0 Å². The summed E-state index contributed by atoms with van der Waals surface area (Å²) in [6.07, 6.45) is -0.231. The van der Waals surface area contributed by atoms with Gasteiger partial charge in [0.1, 0.15) is 6.67 Å². The van der Waals surface area contributed by atoms with Crippen LogP contribution in [0, 0.1) is 5.21 Å². The van der Waals surface area contributed by atoms with Crippen LogP contribution in [0.4, 0.5) is 5.13 Å². The van der Waals surface area contributed by atoms with E-state index in [-0.39, 0.29) is 34.1 Å². The zero-order valence-corrected chi connectivity index (χ0v) is 19.2. The molecule has 0 bridgehead atoms. The molecule has 1 fully saturated rings. The Morgan fingerprint density at radius 2 is 2.00 bits per heavy atom. The zero-order valence-electron chi connectivity index (χ0n) is 16.1. The van der Waals surface area contributed by atoms with E-state index in [2.05, 4.69) is 10.2 Å². The van der Waals surface area contributed by atoms with E-state index in [0.717, 1.165) is 17.8 Å². The van der Waals surface area contributed by atoms with E-state index in [1.54, 1.807) is 11.9 Å². The molecule has 1 aliphatic heterocycles. The highest BCUT2D eigenvalue weighted by atomic mass is 35.5. The lowest BCUT2D eigenvalue weighted by molar-refractivity contribution is -0.155. The van der Waals surface area contributed by atoms with Crippen molar-refractivity contribution in [2.45, 2.75) is 19.6 Å². The first-order chi connectivity index (χ1) is 14.2. The van der Waals surface area contributed by atoms with Gasteiger partial charge in [-0.05, 0) is 25.6 Å². The van der Waals surface area contributed by atoms with Gasteiger partial charge >= 0.3 is 11.1 Å². The molecule has 2 heterocycles. The molecule has 2 unspecified atom stereocenters. The molecule has 1 saturated heterocycles. The molecule has 2 atom stereocenters. The summed E-state index contributed by atoms with van der Waals surface area (Å²) in [5.74, 6) is -0.643. The number of benzene rings is 1. The molecule has 30 heavy (non-hydrogen) atoms. The van der Waals surface area contributed by atoms with Crippen molar-refractivity contribution in [1.82, 2.24) is 19.7 Å². The number of halogens is 3. The van der Waals surface area contributed by atoms with E-state index in [1.807, 2.05) is 6.92 Å². The van der Waals surface area contributed by atoms with Crippen molar-refractivity contribution in [2.24, 2.45) is 0 Å². The number of carbonyl (C=O) groups excluding carboxylic acids is 1. The van der Waals surface area contributed by atoms with Crippen LogP contribution in [0.5, 0.6) is 10.9 Å². The fourth-order valence-electron chi connectivity index (χ4n) is 2.80. The van der Waals surface area contributed by atoms with Crippen molar-refractivity contribution in [2.75, 3.05) is 33.5 Å². The van der Waals surface area contributed by atoms with Crippen LogP contribution >= 0.6 is 46.1 Å². The maximum Gasteiger partial charge on any atom is 0.348 e. The zero-order chi connectivity index (χ0) is 21.9. The number of hydrogen-bond acceptors (Lipinski definition) is 9. The molecule has 164 valence electrons. The number of carbonyl (C=O) groups is 1. The van der Waals surface area contributed by atoms with Gasteiger partial charge in [0.15, 0.2) is 12.4 Å². The molecule has 0 saturated carbocycles. The average molecular weight is 498 g/mol. The van der Waals surface area contributed by atoms with Crippen molar-refractivity contribution in [1.29, 1.82) is 0 Å². The van der Waals surface area contributed by atoms with E-state index in [4.69, 9.17) is 49.0 Å². The summed E-state index contributed by atoms with van der Waals surface area (Å²) in [5.41, 5.74) is 0. The fourth-order valence-corrected chi connectivity index (χ4v) is 4.52. The molecule has 3 rings (SSSR count). The molecule has 1 aromatic carbocycles. The molecule has 0 spiro atoms. The van der Waals surface area contributed by atoms with Crippen LogP contribution in [0.1, 0.15) is 13.3 Å². The Morgan fingerprint density at radius 3 is 2.67 bits per heavy atom. The van der Waals surface area contributed by atoms with Crippen LogP contribution < -0.4 is 14.1 Å². The topological polar surface area (TPSA) is 96.8 Å². The predicted molar refractivity (Wildman–Crippen MR) is 115 cm³/mol. The minimum absolute atomic E-state index is 0.0516. The number of hydrogen-bond donors (Lipinski definition) is 0. The Bertz CT molecular complexity index is 894. The number of esters is 1. The van der Waals surface area contributed by atoms with Crippen LogP contribution in [-0.4, -0.2) is 60.8 Å². The van der Waals surface area contributed by atoms with Crippen molar-refractivity contribution >= 4 is 57.2 Å². The van der Waals surface area contributed by atoms with E-state index in [9.17, 15) is 10.0 Å². The third-order valence-electron chi connectivity index (χ3n) is 4.10. The molecule has 0 N–H and O–H groups in total. The predicted octanol–water partition coefficient (Wildman–Crippen LogP) is 3.94. The second kappa shape index (κ2) is 9.82. The fraction of sp³-hybridized carbons (Fsp3) is 0.471. The second-order valence-electron chi connectivity index (χ2n) is 6.61. The van der Waals surface area contributed by atoms with Crippen LogP contribution in [0.3, 0.4) is 0 Å². The van der Waals surface area contributed by atoms with E-state index >= 15 is 0 Å². The maximum absolute atomic E-state index is 13.5. The molecule has 0 radical (unpaired) electrons. The average Bonchev–Trinajstić information content (AvgIpc) is 3.24. The van der Waals surface area contributed by atoms with E-state index < -0.39 is 23.5 Å². The SMILES string of the molecule is CCCOc1nnc([N+]2([O-])CN(C)CC2OC(=O)COc2c(Cl)cc(Cl)cc2Cl)s1. The van der Waals surface area contributed by atoms with E-state index in [1.165, 1.54) is 12.1 Å². The molecule has 1 aliphatic rings. The molecular formula is C17H19Cl3N4O5S. The van der Waals surface area contributed by atoms with Crippen molar-refractivity contribution in [3.63, 3.8) is 0 Å². The summed E-state index contributed by atoms with van der Waals surface area (Å²) in [6.45, 7) is 2.22. The van der Waals surface area contributed by atoms with E-state index in [0.29, 0.717) is 16.8 Å². The van der Waals surface area contributed by atoms with Gasteiger partial charge in [0, 0.05) is 16.4 Å². The standard InChI is InChI=1S/C17H19Cl3N4O5S/c1-3-4-27-17-22-21-16(30-17)24(26)9-23(2)7-13(24)29-14(25)8-28-15-11(19)5-10(18)6-12(15)20/h5-6,13H,3-4,7-9H2,1-2H3. The third-order valence-corrected chi connectivity index (χ3v) is 5.83. The number of aromatic nitrogens is 2. The largest absolute Gasteiger partial charge is 0.622 e. The molecular weight excluding hydrogens is 479 g/mol. The van der Waals surface area contributed by atoms with Gasteiger partial charge < -0.3 is 19.4 Å². The number of hydroxylamine groups is 2. The summed E-state index contributed by atoms with van der Waals surface area (Å²) in [7, 11) is 1.75. The highest BCUT2D eigenvalue weighted by Crippen LogP contribution is 2.37. The van der Waals surface area contributed by atoms with Gasteiger partial charge in [-0.15, -0.1) is 0 Å². The van der Waals surface area contributed by atoms with Crippen molar-refractivity contribution < 1.29 is 19.0 Å². The smallest absolute Gasteiger partial charge is 0.348 e. The summed E-state index contributed by atoms with van der Waals surface area (Å²) >= 11 is 19.0. The molecule has 2 aromatic rings. The number of rotatable bonds is 8. The maximum atomic E-state index is 13.5. The van der Waals surface area contributed by atoms with Crippen LogP contribution in [0.25, 0.3) is 0 Å². The van der Waals surface area contributed by atoms with Gasteiger partial charge in [0.25, 0.3) is 11.4 Å². The summed E-state index contributed by atoms with van der Waals surface area (Å²) in [6, 6.07) is 2.88. The van der Waals surface area contributed by atoms with Crippen LogP contribution in [0.2, 0.25) is 15.1 Å². The summed E-state index contributed by atoms with van der Waals surface area (Å²) in [5, 5.41) is 22.4. The number of quaternary nitrogens is 1. The molecule has 13 heteroatoms. The highest BCUT2D eigenvalue weighted by molar-refractivity contribution is 7.16. The summed E-state index contributed by atoms with van der Waals surface area (Å²) in [4.78, 5) is 14.1. The van der Waals surface area contributed by atoms with Crippen molar-refractivity contribution in [3.8, 4) is 10.9 Å². The first-order valence-corrected chi connectivity index (χ1v) is 10.9. The minimum atomic E-state index is -1.03. The molecule has 1 aromatic heterocycles. The number of likely N-dealkylation sites (N-methyl/N-ethyl adjacent to an activating group) is 1. The van der Waals surface area contributed by atoms with Gasteiger partial charge in [-0.1, -0.05) is 51.9 Å². The van der Waals surface area contributed by atoms with Gasteiger partial charge in [-0.3, -0.25) is 4.65 Å². The monoisotopic (exact) mass is 496 g/mol. The highest BCUT2D eigenvalue weighted by Gasteiger charge is 2.45. The number of ether oxygens (including phenoxy) is 3. The van der Waals surface area contributed by atoms with Gasteiger partial charge in [-0.2, -0.15) is 0 Å². The Labute approximate surface area is 192 Å². The quantitative estimate of drug-likeness (QED) is 0.307. The molecule has 0 amide bonds. The minimum Gasteiger partial charge on any atom is -0.622 e. The lowest BCUT2D eigenvalue weighted by atomic mass is 10.3. The Hall–Kier alpha value is -1.40. The van der Waals surface area contributed by atoms with Crippen LogP contribution in [0.15, 0.2) is 12.1 Å². The Balaban J connectivity index is 1.67. The molecule has 0 aliphatic carbocycles. The second-order valence-corrected chi connectivity index (χ2v) is 8.78. The first kappa shape index (κ1) is 23.3. The van der Waals surface area contributed by atoms with Crippen LogP contribution in [-0.2, 0) is 9.53 Å². The molecule has 9 nitrogen and oxygen atoms in total. The third kappa shape index (κ3) is 5.25.